The van der Waals surface area contributed by atoms with Crippen LogP contribution >= 0.6 is 11.6 Å². The lowest BCUT2D eigenvalue weighted by atomic mass is 9.70. The Morgan fingerprint density at radius 3 is 1.16 bits per heavy atom. The summed E-state index contributed by atoms with van der Waals surface area (Å²) in [6, 6.07) is 29.2. The summed E-state index contributed by atoms with van der Waals surface area (Å²) in [5.74, 6) is 1.47. The maximum absolute atomic E-state index is 13.4. The molecule has 0 saturated heterocycles. The molecule has 0 radical (unpaired) electrons. The highest BCUT2D eigenvalue weighted by atomic mass is 35.5. The number of aryl methyl sites for hydroxylation is 13. The van der Waals surface area contributed by atoms with Crippen LogP contribution in [-0.4, -0.2) is 114 Å². The molecule has 0 fully saturated rings. The van der Waals surface area contributed by atoms with Crippen molar-refractivity contribution in [1.29, 1.82) is 5.26 Å². The molecule has 1 N–H and O–H groups in total. The number of sulfone groups is 1. The molecule has 4 aliphatic rings. The standard InChI is InChI=1S/C27H29N3O4S.C17H16N4O.C17H17N3O3.C16H16ClN3O/c1-5-35(33,34)20-9-6-19(7-10-20)8-13-24(31)23-12-11-21-22(30-23)14-15-27(4,26(21)32)25-16-17(2)28-18(3)29-25;1-10-8-15(20-11(2)19-10)17(3)7-6-14-13(16(17)22)5-4-12(9-18)21-14;1-9-8-14(19-10(2)18-9)17(3)7-6-12-11(15(17)21)4-5-13(20-12)16(22)23;1-9-8-13(19-10(2)18-9)16(3)7-6-12-11(15(16)21)4-5-14(17)20-12/h6-7,9-12,16H,5,8,13-15H2,1-4H3;4-5,8H,6-7H2,1-3H3;4-5,8H,6-7H2,1-3H3,(H,22,23);4-5,8H,6-7H2,1-3H3. The number of aromatic carboxylic acids is 1. The van der Waals surface area contributed by atoms with Gasteiger partial charge in [-0.1, -0.05) is 30.7 Å². The number of nitriles is 1. The van der Waals surface area contributed by atoms with Gasteiger partial charge in [0.25, 0.3) is 0 Å². The molecule has 0 bridgehead atoms. The second-order valence-corrected chi connectivity index (χ2v) is 29.7. The van der Waals surface area contributed by atoms with Gasteiger partial charge in [-0.3, -0.25) is 24.0 Å². The van der Waals surface area contributed by atoms with Gasteiger partial charge in [-0.2, -0.15) is 5.26 Å². The molecule has 0 aliphatic heterocycles. The number of aromatic nitrogens is 12. The summed E-state index contributed by atoms with van der Waals surface area (Å²) >= 11 is 5.91. The highest BCUT2D eigenvalue weighted by Crippen LogP contribution is 2.42. The van der Waals surface area contributed by atoms with E-state index in [1.807, 2.05) is 113 Å². The van der Waals surface area contributed by atoms with Crippen LogP contribution in [0.3, 0.4) is 0 Å². The number of fused-ring (bicyclic) bond motifs is 4. The summed E-state index contributed by atoms with van der Waals surface area (Å²) < 4.78 is 23.9. The molecule has 9 aromatic rings. The summed E-state index contributed by atoms with van der Waals surface area (Å²) in [5, 5.41) is 18.4. The van der Waals surface area contributed by atoms with Gasteiger partial charge in [0.15, 0.2) is 38.8 Å². The second kappa shape index (κ2) is 29.1. The van der Waals surface area contributed by atoms with E-state index in [1.165, 1.54) is 6.07 Å². The largest absolute Gasteiger partial charge is 0.477 e. The summed E-state index contributed by atoms with van der Waals surface area (Å²) in [6.07, 6.45) is 5.66. The van der Waals surface area contributed by atoms with Crippen molar-refractivity contribution in [2.45, 2.75) is 181 Å². The summed E-state index contributed by atoms with van der Waals surface area (Å²) in [4.78, 5) is 129. The molecule has 518 valence electrons. The zero-order valence-corrected chi connectivity index (χ0v) is 60.4. The van der Waals surface area contributed by atoms with Gasteiger partial charge in [0.2, 0.25) is 0 Å². The third-order valence-electron chi connectivity index (χ3n) is 19.3. The van der Waals surface area contributed by atoms with E-state index in [9.17, 15) is 37.2 Å². The Kier molecular flexibility index (Phi) is 21.2. The Balaban J connectivity index is 0.000000149. The Morgan fingerprint density at radius 1 is 0.465 bits per heavy atom. The van der Waals surface area contributed by atoms with E-state index in [2.05, 4.69) is 59.8 Å². The Morgan fingerprint density at radius 2 is 0.802 bits per heavy atom. The molecule has 0 spiro atoms. The molecule has 4 atom stereocenters. The monoisotopic (exact) mass is 1400 g/mol. The molecule has 4 aliphatic carbocycles. The Hall–Kier alpha value is -10.3. The first-order valence-electron chi connectivity index (χ1n) is 33.3. The van der Waals surface area contributed by atoms with E-state index in [0.717, 1.165) is 57.5 Å². The van der Waals surface area contributed by atoms with Crippen molar-refractivity contribution < 1.29 is 42.3 Å². The highest BCUT2D eigenvalue weighted by Gasteiger charge is 2.46. The van der Waals surface area contributed by atoms with Crippen molar-refractivity contribution in [2.24, 2.45) is 0 Å². The van der Waals surface area contributed by atoms with E-state index >= 15 is 0 Å². The SMILES string of the molecule is CCS(=O)(=O)c1ccc(CCC(=O)c2ccc3c(n2)CCC(C)(c2cc(C)nc(C)n2)C3=O)cc1.Cc1cc(C2(C)CCc3nc(C#N)ccc3C2=O)nc(C)n1.Cc1cc(C2(C)CCc3nc(C(=O)O)ccc3C2=O)nc(C)n1.Cc1cc(C2(C)CCc3nc(Cl)ccc3C2=O)nc(C)n1. The second-order valence-electron chi connectivity index (χ2n) is 27.0. The van der Waals surface area contributed by atoms with Gasteiger partial charge >= 0.3 is 5.97 Å². The zero-order chi connectivity index (χ0) is 73.3. The van der Waals surface area contributed by atoms with E-state index in [1.54, 1.807) is 73.7 Å². The Bertz CT molecular complexity index is 4960. The van der Waals surface area contributed by atoms with Gasteiger partial charge in [-0.15, -0.1) is 0 Å². The number of halogens is 1. The third-order valence-corrected chi connectivity index (χ3v) is 21.3. The smallest absolute Gasteiger partial charge is 0.354 e. The minimum atomic E-state index is -3.24. The topological polar surface area (TPSA) is 335 Å². The van der Waals surface area contributed by atoms with E-state index < -0.39 is 37.5 Å². The van der Waals surface area contributed by atoms with Gasteiger partial charge in [-0.25, -0.2) is 73.0 Å². The number of carboxylic acids is 1. The maximum Gasteiger partial charge on any atom is 0.354 e. The van der Waals surface area contributed by atoms with E-state index in [-0.39, 0.29) is 51.7 Å². The molecule has 1 aromatic carbocycles. The third kappa shape index (κ3) is 15.4. The van der Waals surface area contributed by atoms with Crippen LogP contribution in [0.1, 0.15) is 232 Å². The quantitative estimate of drug-likeness (QED) is 0.0928. The Labute approximate surface area is 591 Å². The molecule has 101 heavy (non-hydrogen) atoms. The fourth-order valence-corrected chi connectivity index (χ4v) is 14.5. The van der Waals surface area contributed by atoms with Gasteiger partial charge < -0.3 is 5.11 Å². The van der Waals surface area contributed by atoms with Crippen LogP contribution < -0.4 is 0 Å². The predicted molar refractivity (Wildman–Crippen MR) is 376 cm³/mol. The number of carbonyl (C=O) groups is 6. The average molecular weight is 1400 g/mol. The molecular weight excluding hydrogens is 1320 g/mol. The van der Waals surface area contributed by atoms with Gasteiger partial charge in [0.1, 0.15) is 51.6 Å². The van der Waals surface area contributed by atoms with Crippen LogP contribution in [-0.2, 0) is 63.6 Å². The van der Waals surface area contributed by atoms with Crippen LogP contribution in [0, 0.1) is 66.7 Å². The summed E-state index contributed by atoms with van der Waals surface area (Å²) in [6.45, 7) is 24.2. The first kappa shape index (κ1) is 73.4. The minimum Gasteiger partial charge on any atom is -0.477 e. The lowest BCUT2D eigenvalue weighted by molar-refractivity contribution is 0.0687. The lowest BCUT2D eigenvalue weighted by Gasteiger charge is -2.32. The van der Waals surface area contributed by atoms with E-state index in [0.29, 0.717) is 136 Å². The van der Waals surface area contributed by atoms with Crippen molar-refractivity contribution in [3.63, 3.8) is 0 Å². The normalized spacial score (nSPS) is 19.6. The van der Waals surface area contributed by atoms with Gasteiger partial charge in [0.05, 0.1) is 77.9 Å². The molecule has 0 amide bonds. The molecule has 8 heterocycles. The highest BCUT2D eigenvalue weighted by molar-refractivity contribution is 7.91. The van der Waals surface area contributed by atoms with Crippen LogP contribution in [0.4, 0.5) is 0 Å². The van der Waals surface area contributed by atoms with Gasteiger partial charge in [-0.05, 0) is 231 Å². The molecule has 8 aromatic heterocycles. The summed E-state index contributed by atoms with van der Waals surface area (Å²) in [5.41, 5.74) is 10.1. The molecule has 4 unspecified atom stereocenters. The van der Waals surface area contributed by atoms with Crippen molar-refractivity contribution in [2.75, 3.05) is 5.75 Å². The number of Topliss-reactive ketones (excluding diaryl/α,β-unsaturated/α-hetero) is 5. The number of pyridine rings is 4. The van der Waals surface area contributed by atoms with Crippen molar-refractivity contribution >= 4 is 56.3 Å². The predicted octanol–water partition coefficient (Wildman–Crippen LogP) is 12.1. The van der Waals surface area contributed by atoms with Crippen LogP contribution in [0.5, 0.6) is 0 Å². The molecule has 22 nitrogen and oxygen atoms in total. The zero-order valence-electron chi connectivity index (χ0n) is 58.8. The first-order chi connectivity index (χ1) is 47.7. The number of rotatable bonds is 11. The number of carboxylic acid groups (broad SMARTS) is 1. The minimum absolute atomic E-state index is 0.0169. The van der Waals surface area contributed by atoms with Crippen LogP contribution in [0.15, 0.2) is 102 Å². The number of hydrogen-bond acceptors (Lipinski definition) is 21. The van der Waals surface area contributed by atoms with E-state index in [4.69, 9.17) is 22.0 Å². The number of ketones is 5. The summed E-state index contributed by atoms with van der Waals surface area (Å²) in [7, 11) is -3.24. The fraction of sp³-hybridized carbons (Fsp3) is 0.364. The maximum atomic E-state index is 13.4. The van der Waals surface area contributed by atoms with Crippen molar-refractivity contribution in [3.05, 3.63) is 239 Å². The number of hydrogen-bond donors (Lipinski definition) is 1. The fourth-order valence-electron chi connectivity index (χ4n) is 13.4. The average Bonchev–Trinajstić information content (AvgIpc) is 0.775. The molecular formula is C77H78ClN13O9S. The van der Waals surface area contributed by atoms with Gasteiger partial charge in [0, 0.05) is 51.5 Å². The number of benzene rings is 1. The molecule has 0 saturated carbocycles. The lowest BCUT2D eigenvalue weighted by Crippen LogP contribution is -2.39. The molecule has 24 heteroatoms. The first-order valence-corrected chi connectivity index (χ1v) is 35.4. The van der Waals surface area contributed by atoms with Crippen LogP contribution in [0.25, 0.3) is 0 Å². The number of nitrogens with zero attached hydrogens (tertiary/aromatic N) is 13. The van der Waals surface area contributed by atoms with Crippen molar-refractivity contribution in [1.82, 2.24) is 59.8 Å². The molecule has 13 rings (SSSR count). The number of carbonyl (C=O) groups excluding carboxylic acids is 5. The van der Waals surface area contributed by atoms with Crippen molar-refractivity contribution in [3.8, 4) is 6.07 Å². The van der Waals surface area contributed by atoms with Crippen LogP contribution in [0.2, 0.25) is 5.15 Å².